The van der Waals surface area contributed by atoms with E-state index in [0.29, 0.717) is 36.1 Å². The SMILES string of the molecule is CCCCC/C=C\C/C=C\C/C=C\C/C=C\C/C=C\CCC(=O)O[C@H](COC(=O)CCCCCCCC1OC1C/C=C\CCCCC)COP(=O)([O-])OCC[N+](C)(C)C. The minimum absolute atomic E-state index is 0.0527. The van der Waals surface area contributed by atoms with Crippen molar-refractivity contribution in [1.29, 1.82) is 0 Å². The second kappa shape index (κ2) is 36.1. The molecular weight excluding hydrogens is 766 g/mol. The summed E-state index contributed by atoms with van der Waals surface area (Å²) in [5, 5.41) is 0. The van der Waals surface area contributed by atoms with Gasteiger partial charge in [-0.1, -0.05) is 138 Å². The number of hydrogen-bond acceptors (Lipinski definition) is 9. The number of unbranched alkanes of at least 4 members (excludes halogenated alkanes) is 10. The van der Waals surface area contributed by atoms with Gasteiger partial charge >= 0.3 is 11.9 Å². The Labute approximate surface area is 359 Å². The first-order chi connectivity index (χ1) is 28.5. The largest absolute Gasteiger partial charge is 0.756 e. The van der Waals surface area contributed by atoms with Crippen LogP contribution in [0.1, 0.15) is 155 Å². The molecule has 4 atom stereocenters. The van der Waals surface area contributed by atoms with E-state index in [0.717, 1.165) is 70.6 Å². The summed E-state index contributed by atoms with van der Waals surface area (Å²) >= 11 is 0. The number of phosphoric ester groups is 1. The molecule has 0 N–H and O–H groups in total. The minimum atomic E-state index is -4.66. The van der Waals surface area contributed by atoms with E-state index in [9.17, 15) is 19.0 Å². The van der Waals surface area contributed by atoms with Crippen molar-refractivity contribution in [3.05, 3.63) is 72.9 Å². The molecule has 1 rings (SSSR count). The van der Waals surface area contributed by atoms with Gasteiger partial charge in [0.2, 0.25) is 0 Å². The molecule has 1 heterocycles. The first-order valence-corrected chi connectivity index (χ1v) is 24.2. The van der Waals surface area contributed by atoms with E-state index in [1.165, 1.54) is 44.9 Å². The van der Waals surface area contributed by atoms with Crippen LogP contribution in [0, 0.1) is 0 Å². The lowest BCUT2D eigenvalue weighted by Crippen LogP contribution is -2.37. The second-order valence-electron chi connectivity index (χ2n) is 16.4. The molecule has 1 aliphatic heterocycles. The average Bonchev–Trinajstić information content (AvgIpc) is 3.94. The normalized spacial score (nSPS) is 17.7. The summed E-state index contributed by atoms with van der Waals surface area (Å²) in [5.74, 6) is -0.960. The number of esters is 2. The van der Waals surface area contributed by atoms with Crippen LogP contribution >= 0.6 is 7.82 Å². The molecular formula is C48H82NO9P. The van der Waals surface area contributed by atoms with E-state index >= 15 is 0 Å². The summed E-state index contributed by atoms with van der Waals surface area (Å²) in [5.41, 5.74) is 0. The highest BCUT2D eigenvalue weighted by atomic mass is 31.2. The van der Waals surface area contributed by atoms with Gasteiger partial charge in [0.15, 0.2) is 6.10 Å². The number of epoxide rings is 1. The Kier molecular flexibility index (Phi) is 33.3. The topological polar surface area (TPSA) is 124 Å². The van der Waals surface area contributed by atoms with E-state index in [1.54, 1.807) is 0 Å². The first kappa shape index (κ1) is 54.4. The second-order valence-corrected chi connectivity index (χ2v) is 17.9. The summed E-state index contributed by atoms with van der Waals surface area (Å²) in [7, 11) is 1.09. The van der Waals surface area contributed by atoms with Gasteiger partial charge in [-0.3, -0.25) is 14.2 Å². The van der Waals surface area contributed by atoms with Crippen LogP contribution in [0.4, 0.5) is 0 Å². The predicted octanol–water partition coefficient (Wildman–Crippen LogP) is 11.4. The number of hydrogen-bond donors (Lipinski definition) is 0. The lowest BCUT2D eigenvalue weighted by molar-refractivity contribution is -0.870. The number of ether oxygens (including phenoxy) is 3. The molecule has 0 aromatic heterocycles. The van der Waals surface area contributed by atoms with Crippen molar-refractivity contribution in [3.8, 4) is 0 Å². The van der Waals surface area contributed by atoms with Gasteiger partial charge in [0.1, 0.15) is 19.8 Å². The lowest BCUT2D eigenvalue weighted by atomic mass is 10.1. The molecule has 0 bridgehead atoms. The van der Waals surface area contributed by atoms with Crippen molar-refractivity contribution in [1.82, 2.24) is 0 Å². The Balaban J connectivity index is 2.35. The number of allylic oxidation sites excluding steroid dienone is 11. The number of quaternary nitrogens is 1. The highest BCUT2D eigenvalue weighted by Gasteiger charge is 2.36. The first-order valence-electron chi connectivity index (χ1n) is 22.8. The molecule has 1 fully saturated rings. The molecule has 59 heavy (non-hydrogen) atoms. The van der Waals surface area contributed by atoms with Crippen LogP contribution in [-0.2, 0) is 37.4 Å². The summed E-state index contributed by atoms with van der Waals surface area (Å²) in [4.78, 5) is 37.6. The molecule has 0 spiro atoms. The molecule has 0 aromatic rings. The summed E-state index contributed by atoms with van der Waals surface area (Å²) in [6, 6.07) is 0. The number of phosphoric acid groups is 1. The summed E-state index contributed by atoms with van der Waals surface area (Å²) in [6.45, 7) is 4.04. The van der Waals surface area contributed by atoms with Crippen LogP contribution in [0.2, 0.25) is 0 Å². The number of carbonyl (C=O) groups is 2. The molecule has 0 aromatic carbocycles. The Morgan fingerprint density at radius 1 is 0.627 bits per heavy atom. The zero-order chi connectivity index (χ0) is 43.3. The Hall–Kier alpha value is -2.59. The van der Waals surface area contributed by atoms with Crippen LogP contribution in [-0.4, -0.2) is 82.2 Å². The third-order valence-corrected chi connectivity index (χ3v) is 10.6. The van der Waals surface area contributed by atoms with E-state index in [-0.39, 0.29) is 26.1 Å². The van der Waals surface area contributed by atoms with Gasteiger partial charge in [0, 0.05) is 12.8 Å². The molecule has 1 saturated heterocycles. The van der Waals surface area contributed by atoms with Crippen molar-refractivity contribution in [2.45, 2.75) is 173 Å². The van der Waals surface area contributed by atoms with E-state index < -0.39 is 32.5 Å². The highest BCUT2D eigenvalue weighted by molar-refractivity contribution is 7.45. The third-order valence-electron chi connectivity index (χ3n) is 9.64. The van der Waals surface area contributed by atoms with E-state index in [1.807, 2.05) is 33.3 Å². The average molecular weight is 848 g/mol. The van der Waals surface area contributed by atoms with Crippen LogP contribution in [0.25, 0.3) is 0 Å². The summed E-state index contributed by atoms with van der Waals surface area (Å²) in [6.07, 6.45) is 46.8. The monoisotopic (exact) mass is 848 g/mol. The van der Waals surface area contributed by atoms with Gasteiger partial charge in [-0.25, -0.2) is 0 Å². The molecule has 0 radical (unpaired) electrons. The van der Waals surface area contributed by atoms with E-state index in [4.69, 9.17) is 23.3 Å². The fourth-order valence-corrected chi connectivity index (χ4v) is 6.66. The molecule has 0 amide bonds. The number of nitrogens with zero attached hydrogens (tertiary/aromatic N) is 1. The van der Waals surface area contributed by atoms with Gasteiger partial charge in [-0.05, 0) is 77.0 Å². The van der Waals surface area contributed by atoms with Crippen molar-refractivity contribution >= 4 is 19.8 Å². The molecule has 3 unspecified atom stereocenters. The number of carbonyl (C=O) groups excluding carboxylic acids is 2. The molecule has 11 heteroatoms. The van der Waals surface area contributed by atoms with Gasteiger partial charge in [-0.2, -0.15) is 0 Å². The van der Waals surface area contributed by atoms with Crippen LogP contribution in [0.5, 0.6) is 0 Å². The Morgan fingerprint density at radius 3 is 1.76 bits per heavy atom. The van der Waals surface area contributed by atoms with Crippen molar-refractivity contribution in [2.75, 3.05) is 47.5 Å². The van der Waals surface area contributed by atoms with Crippen molar-refractivity contribution < 1.29 is 46.8 Å². The van der Waals surface area contributed by atoms with Crippen LogP contribution in [0.3, 0.4) is 0 Å². The molecule has 0 aliphatic carbocycles. The van der Waals surface area contributed by atoms with Gasteiger partial charge < -0.3 is 32.6 Å². The molecule has 1 aliphatic rings. The van der Waals surface area contributed by atoms with Gasteiger partial charge in [-0.15, -0.1) is 0 Å². The standard InChI is InChI=1S/C48H82NO9P/c1-6-8-10-12-14-15-16-17-18-19-20-21-22-23-24-25-26-30-35-39-48(51)57-44(43-56-59(52,53)55-41-40-49(3,4)5)42-54-47(50)38-34-31-27-29-33-37-46-45(58-46)36-32-28-13-11-9-7-2/h14-15,17-18,20-21,23-24,26,28,30,32,44-46H,6-13,16,19,22,25,27,29,31,33-43H2,1-5H3/b15-14-,18-17-,21-20-,24-23-,30-26-,32-28-/t44-,45?,46?/m1/s1. The summed E-state index contributed by atoms with van der Waals surface area (Å²) < 4.78 is 39.6. The van der Waals surface area contributed by atoms with E-state index in [2.05, 4.69) is 74.6 Å². The predicted molar refractivity (Wildman–Crippen MR) is 240 cm³/mol. The Bertz CT molecular complexity index is 1300. The van der Waals surface area contributed by atoms with Crippen LogP contribution in [0.15, 0.2) is 72.9 Å². The quantitative estimate of drug-likeness (QED) is 0.0148. The third kappa shape index (κ3) is 36.9. The highest BCUT2D eigenvalue weighted by Crippen LogP contribution is 2.38. The molecule has 338 valence electrons. The fourth-order valence-electron chi connectivity index (χ4n) is 5.94. The zero-order valence-corrected chi connectivity index (χ0v) is 38.5. The number of likely N-dealkylation sites (N-methyl/N-ethyl adjacent to an activating group) is 1. The van der Waals surface area contributed by atoms with Gasteiger partial charge in [0.05, 0.1) is 40.0 Å². The zero-order valence-electron chi connectivity index (χ0n) is 37.6. The Morgan fingerprint density at radius 2 is 1.17 bits per heavy atom. The maximum absolute atomic E-state index is 12.7. The fraction of sp³-hybridized carbons (Fsp3) is 0.708. The molecule has 0 saturated carbocycles. The number of rotatable bonds is 39. The van der Waals surface area contributed by atoms with Crippen LogP contribution < -0.4 is 4.89 Å². The maximum Gasteiger partial charge on any atom is 0.306 e. The smallest absolute Gasteiger partial charge is 0.306 e. The van der Waals surface area contributed by atoms with Crippen molar-refractivity contribution in [2.24, 2.45) is 0 Å². The maximum atomic E-state index is 12.7. The van der Waals surface area contributed by atoms with Crippen molar-refractivity contribution in [3.63, 3.8) is 0 Å². The van der Waals surface area contributed by atoms with Gasteiger partial charge in [0.25, 0.3) is 7.82 Å². The molecule has 10 nitrogen and oxygen atoms in total. The minimum Gasteiger partial charge on any atom is -0.756 e. The lowest BCUT2D eigenvalue weighted by Gasteiger charge is -2.28.